The van der Waals surface area contributed by atoms with E-state index in [1.165, 1.54) is 31.4 Å². The number of amides is 1. The van der Waals surface area contributed by atoms with Gasteiger partial charge in [-0.25, -0.2) is 17.9 Å². The molecule has 1 aromatic heterocycles. The number of nitrogens with one attached hydrogen (secondary N) is 4. The van der Waals surface area contributed by atoms with E-state index in [-0.39, 0.29) is 23.7 Å². The number of aromatic nitrogens is 2. The molecule has 0 fully saturated rings. The fourth-order valence-electron chi connectivity index (χ4n) is 2.46. The number of rotatable bonds is 7. The summed E-state index contributed by atoms with van der Waals surface area (Å²) in [5.41, 5.74) is 1.67. The standard InChI is InChI=1S/C17H18N4O5S/c1-26-9-8-18-27(24,25)13-5-2-11(3-6-13)16(22)19-12-4-7-14-15(10-12)21-17(23)20-14/h2-7,10,18H,8-9H2,1H3,(H,19,22)(H2,20,21,23). The Morgan fingerprint density at radius 1 is 1.07 bits per heavy atom. The molecule has 142 valence electrons. The molecule has 4 N–H and O–H groups in total. The van der Waals surface area contributed by atoms with Crippen LogP contribution < -0.4 is 15.7 Å². The highest BCUT2D eigenvalue weighted by Crippen LogP contribution is 2.16. The summed E-state index contributed by atoms with van der Waals surface area (Å²) in [6.07, 6.45) is 0. The molecule has 0 aliphatic heterocycles. The number of H-pyrrole nitrogens is 2. The Kier molecular flexibility index (Phi) is 5.40. The number of hydrogen-bond acceptors (Lipinski definition) is 5. The molecule has 3 rings (SSSR count). The van der Waals surface area contributed by atoms with E-state index in [1.54, 1.807) is 18.2 Å². The largest absolute Gasteiger partial charge is 0.383 e. The zero-order valence-electron chi connectivity index (χ0n) is 14.4. The summed E-state index contributed by atoms with van der Waals surface area (Å²) in [4.78, 5) is 28.9. The highest BCUT2D eigenvalue weighted by atomic mass is 32.2. The Labute approximate surface area is 154 Å². The predicted octanol–water partition coefficient (Wildman–Crippen LogP) is 1.03. The van der Waals surface area contributed by atoms with E-state index < -0.39 is 15.9 Å². The summed E-state index contributed by atoms with van der Waals surface area (Å²) in [5.74, 6) is -0.400. The van der Waals surface area contributed by atoms with Crippen LogP contribution in [0.1, 0.15) is 10.4 Å². The molecule has 0 atom stereocenters. The molecule has 1 amide bonds. The second-order valence-corrected chi connectivity index (χ2v) is 7.48. The topological polar surface area (TPSA) is 133 Å². The molecule has 0 saturated heterocycles. The van der Waals surface area contributed by atoms with Crippen LogP contribution in [-0.4, -0.2) is 44.6 Å². The number of imidazole rings is 1. The van der Waals surface area contributed by atoms with Gasteiger partial charge in [0.25, 0.3) is 5.91 Å². The molecule has 10 heteroatoms. The first kappa shape index (κ1) is 18.8. The molecule has 27 heavy (non-hydrogen) atoms. The van der Waals surface area contributed by atoms with Crippen molar-refractivity contribution in [2.75, 3.05) is 25.6 Å². The highest BCUT2D eigenvalue weighted by Gasteiger charge is 2.14. The van der Waals surface area contributed by atoms with E-state index in [4.69, 9.17) is 4.74 Å². The highest BCUT2D eigenvalue weighted by molar-refractivity contribution is 7.89. The average Bonchev–Trinajstić information content (AvgIpc) is 3.01. The van der Waals surface area contributed by atoms with E-state index in [9.17, 15) is 18.0 Å². The van der Waals surface area contributed by atoms with Crippen LogP contribution >= 0.6 is 0 Å². The number of carbonyl (C=O) groups is 1. The minimum atomic E-state index is -3.65. The van der Waals surface area contributed by atoms with Crippen LogP contribution in [0, 0.1) is 0 Å². The summed E-state index contributed by atoms with van der Waals surface area (Å²) >= 11 is 0. The van der Waals surface area contributed by atoms with Crippen molar-refractivity contribution in [1.29, 1.82) is 0 Å². The SMILES string of the molecule is COCCNS(=O)(=O)c1ccc(C(=O)Nc2ccc3[nH]c(=O)[nH]c3c2)cc1. The fraction of sp³-hybridized carbons (Fsp3) is 0.176. The van der Waals surface area contributed by atoms with Gasteiger partial charge in [-0.2, -0.15) is 0 Å². The smallest absolute Gasteiger partial charge is 0.323 e. The van der Waals surface area contributed by atoms with Gasteiger partial charge in [-0.15, -0.1) is 0 Å². The molecule has 9 nitrogen and oxygen atoms in total. The van der Waals surface area contributed by atoms with Gasteiger partial charge in [-0.05, 0) is 42.5 Å². The number of ether oxygens (including phenoxy) is 1. The minimum Gasteiger partial charge on any atom is -0.383 e. The van der Waals surface area contributed by atoms with Gasteiger partial charge in [0.2, 0.25) is 10.0 Å². The lowest BCUT2D eigenvalue weighted by Gasteiger charge is -2.08. The number of methoxy groups -OCH3 is 1. The molecule has 3 aromatic rings. The van der Waals surface area contributed by atoms with Crippen LogP contribution in [0.25, 0.3) is 11.0 Å². The van der Waals surface area contributed by atoms with Gasteiger partial charge in [0.05, 0.1) is 22.5 Å². The lowest BCUT2D eigenvalue weighted by atomic mass is 10.2. The Morgan fingerprint density at radius 2 is 1.78 bits per heavy atom. The van der Waals surface area contributed by atoms with Gasteiger partial charge < -0.3 is 20.0 Å². The van der Waals surface area contributed by atoms with Gasteiger partial charge >= 0.3 is 5.69 Å². The Morgan fingerprint density at radius 3 is 2.48 bits per heavy atom. The van der Waals surface area contributed by atoms with Gasteiger partial charge in [0, 0.05) is 24.9 Å². The molecular formula is C17H18N4O5S. The molecule has 0 saturated carbocycles. The second-order valence-electron chi connectivity index (χ2n) is 5.71. The van der Waals surface area contributed by atoms with Gasteiger partial charge in [0.15, 0.2) is 0 Å². The normalized spacial score (nSPS) is 11.6. The van der Waals surface area contributed by atoms with E-state index in [2.05, 4.69) is 20.0 Å². The van der Waals surface area contributed by atoms with Crippen LogP contribution in [-0.2, 0) is 14.8 Å². The molecular weight excluding hydrogens is 372 g/mol. The third-order valence-corrected chi connectivity index (χ3v) is 5.28. The molecule has 0 bridgehead atoms. The van der Waals surface area contributed by atoms with E-state index >= 15 is 0 Å². The van der Waals surface area contributed by atoms with Crippen LogP contribution in [0.5, 0.6) is 0 Å². The lowest BCUT2D eigenvalue weighted by Crippen LogP contribution is -2.27. The van der Waals surface area contributed by atoms with Crippen molar-refractivity contribution in [3.8, 4) is 0 Å². The van der Waals surface area contributed by atoms with Crippen molar-refractivity contribution in [2.45, 2.75) is 4.90 Å². The first-order valence-corrected chi connectivity index (χ1v) is 9.49. The van der Waals surface area contributed by atoms with Crippen LogP contribution in [0.2, 0.25) is 0 Å². The van der Waals surface area contributed by atoms with Crippen LogP contribution in [0.4, 0.5) is 5.69 Å². The Hall–Kier alpha value is -2.95. The molecule has 1 heterocycles. The quantitative estimate of drug-likeness (QED) is 0.447. The number of aromatic amines is 2. The first-order valence-electron chi connectivity index (χ1n) is 8.01. The van der Waals surface area contributed by atoms with E-state index in [0.29, 0.717) is 22.3 Å². The van der Waals surface area contributed by atoms with Gasteiger partial charge in [-0.3, -0.25) is 4.79 Å². The number of fused-ring (bicyclic) bond motifs is 1. The Bertz CT molecular complexity index is 1120. The van der Waals surface area contributed by atoms with Crippen molar-refractivity contribution in [2.24, 2.45) is 0 Å². The number of benzene rings is 2. The second kappa shape index (κ2) is 7.74. The molecule has 0 aliphatic carbocycles. The third-order valence-electron chi connectivity index (χ3n) is 3.80. The van der Waals surface area contributed by atoms with Crippen LogP contribution in [0.15, 0.2) is 52.2 Å². The zero-order chi connectivity index (χ0) is 19.4. The maximum absolute atomic E-state index is 12.4. The molecule has 0 spiro atoms. The molecule has 0 unspecified atom stereocenters. The lowest BCUT2D eigenvalue weighted by molar-refractivity contribution is 0.102. The summed E-state index contributed by atoms with van der Waals surface area (Å²) in [7, 11) is -2.18. The molecule has 0 radical (unpaired) electrons. The molecule has 0 aliphatic rings. The van der Waals surface area contributed by atoms with Crippen LogP contribution in [0.3, 0.4) is 0 Å². The number of sulfonamides is 1. The summed E-state index contributed by atoms with van der Waals surface area (Å²) in [6.45, 7) is 0.418. The van der Waals surface area contributed by atoms with Crippen molar-refractivity contribution < 1.29 is 17.9 Å². The molecule has 2 aromatic carbocycles. The Balaban J connectivity index is 1.72. The maximum Gasteiger partial charge on any atom is 0.323 e. The number of carbonyl (C=O) groups excluding carboxylic acids is 1. The van der Waals surface area contributed by atoms with E-state index in [1.807, 2.05) is 0 Å². The number of anilines is 1. The first-order chi connectivity index (χ1) is 12.9. The van der Waals surface area contributed by atoms with Gasteiger partial charge in [-0.1, -0.05) is 0 Å². The monoisotopic (exact) mass is 390 g/mol. The van der Waals surface area contributed by atoms with Crippen molar-refractivity contribution in [3.63, 3.8) is 0 Å². The minimum absolute atomic E-state index is 0.0569. The van der Waals surface area contributed by atoms with Crippen molar-refractivity contribution >= 4 is 32.7 Å². The van der Waals surface area contributed by atoms with Gasteiger partial charge in [0.1, 0.15) is 0 Å². The van der Waals surface area contributed by atoms with Crippen molar-refractivity contribution in [1.82, 2.24) is 14.7 Å². The van der Waals surface area contributed by atoms with Crippen molar-refractivity contribution in [3.05, 3.63) is 58.5 Å². The third kappa shape index (κ3) is 4.42. The summed E-state index contributed by atoms with van der Waals surface area (Å²) in [6, 6.07) is 10.5. The summed E-state index contributed by atoms with van der Waals surface area (Å²) in [5, 5.41) is 2.70. The predicted molar refractivity (Wildman–Crippen MR) is 100 cm³/mol. The maximum atomic E-state index is 12.4. The van der Waals surface area contributed by atoms with E-state index in [0.717, 1.165) is 0 Å². The summed E-state index contributed by atoms with van der Waals surface area (Å²) < 4.78 is 31.4. The average molecular weight is 390 g/mol. The number of hydrogen-bond donors (Lipinski definition) is 4. The zero-order valence-corrected chi connectivity index (χ0v) is 15.2. The fourth-order valence-corrected chi connectivity index (χ4v) is 3.47.